The van der Waals surface area contributed by atoms with Crippen molar-refractivity contribution in [3.05, 3.63) is 65.7 Å². The number of rotatable bonds is 4. The second-order valence-electron chi connectivity index (χ2n) is 6.48. The lowest BCUT2D eigenvalue weighted by molar-refractivity contribution is 0.0733. The van der Waals surface area contributed by atoms with Gasteiger partial charge in [0.05, 0.1) is 19.8 Å². The molecule has 142 valence electrons. The van der Waals surface area contributed by atoms with Crippen LogP contribution in [-0.2, 0) is 13.0 Å². The minimum atomic E-state index is -0.0817. The number of benzene rings is 1. The van der Waals surface area contributed by atoms with E-state index in [0.29, 0.717) is 36.0 Å². The fourth-order valence-electron chi connectivity index (χ4n) is 3.33. The predicted molar refractivity (Wildman–Crippen MR) is 103 cm³/mol. The topological polar surface area (TPSA) is 77.4 Å². The van der Waals surface area contributed by atoms with Crippen molar-refractivity contribution in [3.8, 4) is 22.9 Å². The molecule has 0 fully saturated rings. The van der Waals surface area contributed by atoms with Gasteiger partial charge in [0.1, 0.15) is 0 Å². The number of pyridine rings is 1. The Morgan fingerprint density at radius 3 is 2.29 bits per heavy atom. The summed E-state index contributed by atoms with van der Waals surface area (Å²) in [7, 11) is 3.23. The third-order valence-electron chi connectivity index (χ3n) is 4.84. The number of carbonyl (C=O) groups excluding carboxylic acids is 1. The minimum absolute atomic E-state index is 0.0817. The van der Waals surface area contributed by atoms with Crippen LogP contribution in [-0.4, -0.2) is 46.5 Å². The Morgan fingerprint density at radius 1 is 1.00 bits per heavy atom. The number of hydrogen-bond donors (Lipinski definition) is 0. The van der Waals surface area contributed by atoms with Gasteiger partial charge in [0.25, 0.3) is 5.91 Å². The summed E-state index contributed by atoms with van der Waals surface area (Å²) < 4.78 is 10.8. The summed E-state index contributed by atoms with van der Waals surface area (Å²) in [5.74, 6) is 1.86. The molecule has 0 spiro atoms. The van der Waals surface area contributed by atoms with Crippen LogP contribution >= 0.6 is 0 Å². The van der Waals surface area contributed by atoms with Crippen molar-refractivity contribution in [1.29, 1.82) is 0 Å². The van der Waals surface area contributed by atoms with Crippen molar-refractivity contribution in [1.82, 2.24) is 19.9 Å². The van der Waals surface area contributed by atoms with Gasteiger partial charge in [-0.25, -0.2) is 9.97 Å². The highest BCUT2D eigenvalue weighted by atomic mass is 16.5. The number of nitrogens with zero attached hydrogens (tertiary/aromatic N) is 4. The average Bonchev–Trinajstić information content (AvgIpc) is 2.78. The van der Waals surface area contributed by atoms with E-state index in [2.05, 4.69) is 15.0 Å². The molecule has 0 atom stereocenters. The number of methoxy groups -OCH3 is 2. The van der Waals surface area contributed by atoms with Gasteiger partial charge in [0.15, 0.2) is 17.3 Å². The number of carbonyl (C=O) groups is 1. The summed E-state index contributed by atoms with van der Waals surface area (Å²) in [4.78, 5) is 27.4. The number of hydrogen-bond acceptors (Lipinski definition) is 6. The monoisotopic (exact) mass is 376 g/mol. The quantitative estimate of drug-likeness (QED) is 0.697. The molecular weight excluding hydrogens is 356 g/mol. The third kappa shape index (κ3) is 3.38. The van der Waals surface area contributed by atoms with Gasteiger partial charge in [0, 0.05) is 43.4 Å². The van der Waals surface area contributed by atoms with Gasteiger partial charge in [-0.15, -0.1) is 0 Å². The molecule has 0 unspecified atom stereocenters. The Hall–Kier alpha value is -3.48. The van der Waals surface area contributed by atoms with Crippen molar-refractivity contribution in [2.45, 2.75) is 13.0 Å². The van der Waals surface area contributed by atoms with Crippen LogP contribution in [0.15, 0.2) is 49.1 Å². The number of aromatic nitrogens is 3. The van der Waals surface area contributed by atoms with Crippen molar-refractivity contribution in [3.63, 3.8) is 0 Å². The van der Waals surface area contributed by atoms with Crippen LogP contribution in [0.25, 0.3) is 11.4 Å². The summed E-state index contributed by atoms with van der Waals surface area (Å²) in [6.07, 6.45) is 7.29. The van der Waals surface area contributed by atoms with Crippen molar-refractivity contribution in [2.75, 3.05) is 20.8 Å². The maximum Gasteiger partial charge on any atom is 0.257 e. The molecule has 28 heavy (non-hydrogen) atoms. The maximum absolute atomic E-state index is 12.9. The van der Waals surface area contributed by atoms with E-state index >= 15 is 0 Å². The molecule has 0 saturated heterocycles. The molecule has 1 aliphatic heterocycles. The Balaban J connectivity index is 1.53. The van der Waals surface area contributed by atoms with E-state index in [1.54, 1.807) is 43.9 Å². The zero-order valence-corrected chi connectivity index (χ0v) is 15.8. The first-order valence-electron chi connectivity index (χ1n) is 8.95. The van der Waals surface area contributed by atoms with Crippen molar-refractivity contribution >= 4 is 5.91 Å². The largest absolute Gasteiger partial charge is 0.493 e. The summed E-state index contributed by atoms with van der Waals surface area (Å²) in [6, 6.07) is 7.60. The average molecular weight is 376 g/mol. The van der Waals surface area contributed by atoms with Crippen LogP contribution in [0, 0.1) is 0 Å². The predicted octanol–water partition coefficient (Wildman–Crippen LogP) is 2.75. The van der Waals surface area contributed by atoms with Crippen LogP contribution in [0.4, 0.5) is 0 Å². The summed E-state index contributed by atoms with van der Waals surface area (Å²) >= 11 is 0. The molecule has 3 aromatic rings. The van der Waals surface area contributed by atoms with Crippen molar-refractivity contribution < 1.29 is 14.3 Å². The molecule has 2 aromatic heterocycles. The fourth-order valence-corrected chi connectivity index (χ4v) is 3.33. The highest BCUT2D eigenvalue weighted by Gasteiger charge is 2.24. The Morgan fingerprint density at radius 2 is 1.64 bits per heavy atom. The van der Waals surface area contributed by atoms with Crippen LogP contribution in [0.5, 0.6) is 11.5 Å². The van der Waals surface area contributed by atoms with Gasteiger partial charge in [-0.2, -0.15) is 0 Å². The van der Waals surface area contributed by atoms with E-state index in [1.165, 1.54) is 5.56 Å². The normalized spacial score (nSPS) is 13.0. The number of amides is 1. The fraction of sp³-hybridized carbons (Fsp3) is 0.238. The highest BCUT2D eigenvalue weighted by molar-refractivity contribution is 5.94. The zero-order chi connectivity index (χ0) is 19.5. The van der Waals surface area contributed by atoms with Gasteiger partial charge in [-0.05, 0) is 41.8 Å². The molecular formula is C21H20N4O3. The van der Waals surface area contributed by atoms with E-state index < -0.39 is 0 Å². The van der Waals surface area contributed by atoms with E-state index in [4.69, 9.17) is 9.47 Å². The number of ether oxygens (including phenoxy) is 2. The standard InChI is InChI=1S/C21H20N4O3/c1-27-18-9-15-5-8-25(13-16(15)10-19(18)28-2)21(26)17-11-23-20(24-12-17)14-3-6-22-7-4-14/h3-4,6-7,9-12H,5,8,13H2,1-2H3. The molecule has 0 saturated carbocycles. The molecule has 0 aliphatic carbocycles. The van der Waals surface area contributed by atoms with E-state index in [1.807, 2.05) is 24.3 Å². The number of fused-ring (bicyclic) bond motifs is 1. The Bertz CT molecular complexity index is 991. The summed E-state index contributed by atoms with van der Waals surface area (Å²) in [5.41, 5.74) is 3.57. The molecule has 3 heterocycles. The minimum Gasteiger partial charge on any atom is -0.493 e. The maximum atomic E-state index is 12.9. The van der Waals surface area contributed by atoms with Gasteiger partial charge < -0.3 is 14.4 Å². The van der Waals surface area contributed by atoms with Gasteiger partial charge in [-0.1, -0.05) is 0 Å². The van der Waals surface area contributed by atoms with Crippen LogP contribution in [0.1, 0.15) is 21.5 Å². The molecule has 7 nitrogen and oxygen atoms in total. The molecule has 0 N–H and O–H groups in total. The molecule has 7 heteroatoms. The van der Waals surface area contributed by atoms with E-state index in [-0.39, 0.29) is 5.91 Å². The van der Waals surface area contributed by atoms with Crippen LogP contribution in [0.2, 0.25) is 0 Å². The van der Waals surface area contributed by atoms with Gasteiger partial charge in [0.2, 0.25) is 0 Å². The van der Waals surface area contributed by atoms with Crippen LogP contribution < -0.4 is 9.47 Å². The molecule has 0 bridgehead atoms. The lowest BCUT2D eigenvalue weighted by Gasteiger charge is -2.29. The molecule has 1 amide bonds. The zero-order valence-electron chi connectivity index (χ0n) is 15.8. The Kier molecular flexibility index (Phi) is 4.89. The van der Waals surface area contributed by atoms with E-state index in [9.17, 15) is 4.79 Å². The second-order valence-corrected chi connectivity index (χ2v) is 6.48. The molecule has 1 aromatic carbocycles. The summed E-state index contributed by atoms with van der Waals surface area (Å²) in [6.45, 7) is 1.15. The highest BCUT2D eigenvalue weighted by Crippen LogP contribution is 2.33. The molecule has 0 radical (unpaired) electrons. The summed E-state index contributed by atoms with van der Waals surface area (Å²) in [5, 5.41) is 0. The lowest BCUT2D eigenvalue weighted by Crippen LogP contribution is -2.36. The smallest absolute Gasteiger partial charge is 0.257 e. The molecule has 4 rings (SSSR count). The first-order chi connectivity index (χ1) is 13.7. The first-order valence-corrected chi connectivity index (χ1v) is 8.95. The second kappa shape index (κ2) is 7.64. The lowest BCUT2D eigenvalue weighted by atomic mass is 9.98. The SMILES string of the molecule is COc1cc2c(cc1OC)CN(C(=O)c1cnc(-c3ccncc3)nc1)CC2. The van der Waals surface area contributed by atoms with Crippen molar-refractivity contribution in [2.24, 2.45) is 0 Å². The van der Waals surface area contributed by atoms with Crippen LogP contribution in [0.3, 0.4) is 0 Å². The Labute approximate surface area is 163 Å². The van der Waals surface area contributed by atoms with Gasteiger partial charge in [-0.3, -0.25) is 9.78 Å². The molecule has 1 aliphatic rings. The third-order valence-corrected chi connectivity index (χ3v) is 4.84. The van der Waals surface area contributed by atoms with Gasteiger partial charge >= 0.3 is 0 Å². The van der Waals surface area contributed by atoms with E-state index in [0.717, 1.165) is 17.5 Å². The first kappa shape index (κ1) is 17.9.